The second-order valence-electron chi connectivity index (χ2n) is 7.50. The Balaban J connectivity index is 2.36. The van der Waals surface area contributed by atoms with E-state index in [0.717, 1.165) is 18.2 Å². The summed E-state index contributed by atoms with van der Waals surface area (Å²) >= 11 is 6.60. The minimum absolute atomic E-state index is 0.0114. The average molecular weight is 579 g/mol. The Labute approximate surface area is 224 Å². The molecule has 2 unspecified atom stereocenters. The second kappa shape index (κ2) is 13.4. The molecule has 2 aromatic carbocycles. The van der Waals surface area contributed by atoms with Crippen LogP contribution in [0.5, 0.6) is 11.5 Å². The Bertz CT molecular complexity index is 1230. The zero-order chi connectivity index (χ0) is 28.6. The number of hydrogen-bond acceptors (Lipinski definition) is 10. The highest BCUT2D eigenvalue weighted by Crippen LogP contribution is 2.37. The zero-order valence-corrected chi connectivity index (χ0v) is 22.0. The molecule has 0 N–H and O–H groups in total. The maximum atomic E-state index is 12.9. The van der Waals surface area contributed by atoms with E-state index < -0.39 is 44.8 Å². The molecule has 0 aromatic heterocycles. The van der Waals surface area contributed by atoms with Crippen LogP contribution in [0.2, 0.25) is 5.02 Å². The zero-order valence-electron chi connectivity index (χ0n) is 20.4. The van der Waals surface area contributed by atoms with Gasteiger partial charge in [0.05, 0.1) is 34.8 Å². The van der Waals surface area contributed by atoms with Crippen molar-refractivity contribution in [3.05, 3.63) is 62.7 Å². The van der Waals surface area contributed by atoms with E-state index in [4.69, 9.17) is 25.9 Å². The second-order valence-corrected chi connectivity index (χ2v) is 9.25. The van der Waals surface area contributed by atoms with Crippen LogP contribution in [0.3, 0.4) is 0 Å². The van der Waals surface area contributed by atoms with Gasteiger partial charge in [0.2, 0.25) is 5.12 Å². The first kappa shape index (κ1) is 30.9. The number of hydrogen-bond donors (Lipinski definition) is 0. The molecule has 38 heavy (non-hydrogen) atoms. The monoisotopic (exact) mass is 578 g/mol. The predicted octanol–water partition coefficient (Wildman–Crippen LogP) is 5.64. The quantitative estimate of drug-likeness (QED) is 0.144. The number of rotatable bonds is 11. The number of alkyl halides is 3. The van der Waals surface area contributed by atoms with Gasteiger partial charge in [0.1, 0.15) is 22.5 Å². The summed E-state index contributed by atoms with van der Waals surface area (Å²) in [6, 6.07) is 5.99. The molecular formula is C23H22ClF3N2O8S. The Hall–Kier alpha value is -3.36. The lowest BCUT2D eigenvalue weighted by molar-refractivity contribution is -0.385. The Morgan fingerprint density at radius 1 is 1.16 bits per heavy atom. The smallest absolute Gasteiger partial charge is 0.416 e. The van der Waals surface area contributed by atoms with Crippen molar-refractivity contribution >= 4 is 45.8 Å². The number of carbonyl (C=O) groups excluding carboxylic acids is 2. The normalized spacial score (nSPS) is 13.4. The summed E-state index contributed by atoms with van der Waals surface area (Å²) in [5, 5.41) is 13.8. The molecule has 15 heteroatoms. The van der Waals surface area contributed by atoms with Crippen molar-refractivity contribution in [2.75, 3.05) is 20.8 Å². The predicted molar refractivity (Wildman–Crippen MR) is 133 cm³/mol. The van der Waals surface area contributed by atoms with Gasteiger partial charge >= 0.3 is 12.1 Å². The van der Waals surface area contributed by atoms with E-state index >= 15 is 0 Å². The lowest BCUT2D eigenvalue weighted by atomic mass is 10.1. The van der Waals surface area contributed by atoms with Crippen LogP contribution in [-0.2, 0) is 30.1 Å². The molecule has 0 fully saturated rings. The number of halogens is 4. The van der Waals surface area contributed by atoms with Crippen LogP contribution in [0.15, 0.2) is 41.6 Å². The number of benzene rings is 2. The number of esters is 1. The van der Waals surface area contributed by atoms with Gasteiger partial charge in [-0.15, -0.1) is 0 Å². The van der Waals surface area contributed by atoms with E-state index in [0.29, 0.717) is 17.8 Å². The molecule has 206 valence electrons. The Morgan fingerprint density at radius 2 is 1.84 bits per heavy atom. The van der Waals surface area contributed by atoms with Gasteiger partial charge in [-0.05, 0) is 44.2 Å². The standard InChI is InChI=1S/C23H22ClF3N2O8S/c1-12(22(31)38-13(2)21(30)35-4)37-28-18(11-34-3)16-10-15(6-7-19(16)29(32)33)36-20-8-5-14(9-17(20)24)23(25,26)27/h5-10,12-13H,11H2,1-4H3. The van der Waals surface area contributed by atoms with Crippen molar-refractivity contribution in [2.45, 2.75) is 31.4 Å². The number of carbonyl (C=O) groups is 2. The molecule has 0 saturated carbocycles. The van der Waals surface area contributed by atoms with Gasteiger partial charge < -0.3 is 19.0 Å². The number of nitro groups is 1. The molecule has 0 amide bonds. The molecule has 0 bridgehead atoms. The third-order valence-electron chi connectivity index (χ3n) is 4.72. The van der Waals surface area contributed by atoms with Crippen LogP contribution in [0, 0.1) is 10.1 Å². The molecule has 2 rings (SSSR count). The lowest BCUT2D eigenvalue weighted by Crippen LogP contribution is -2.23. The minimum Gasteiger partial charge on any atom is -0.468 e. The maximum absolute atomic E-state index is 12.9. The minimum atomic E-state index is -4.61. The van der Waals surface area contributed by atoms with Crippen molar-refractivity contribution < 1.29 is 46.7 Å². The highest BCUT2D eigenvalue weighted by Gasteiger charge is 2.31. The van der Waals surface area contributed by atoms with Gasteiger partial charge in [0, 0.05) is 13.2 Å². The number of oxime groups is 1. The molecule has 10 nitrogen and oxygen atoms in total. The van der Waals surface area contributed by atoms with Gasteiger partial charge in [-0.1, -0.05) is 28.5 Å². The molecule has 0 saturated heterocycles. The average Bonchev–Trinajstić information content (AvgIpc) is 2.86. The lowest BCUT2D eigenvalue weighted by Gasteiger charge is -2.14. The summed E-state index contributed by atoms with van der Waals surface area (Å²) in [6.07, 6.45) is -5.76. The van der Waals surface area contributed by atoms with Gasteiger partial charge in [-0.2, -0.15) is 13.2 Å². The molecule has 0 aliphatic heterocycles. The van der Waals surface area contributed by atoms with Crippen molar-refractivity contribution in [3.63, 3.8) is 0 Å². The first-order valence-corrected chi connectivity index (χ1v) is 11.9. The topological polar surface area (TPSA) is 127 Å². The summed E-state index contributed by atoms with van der Waals surface area (Å²) in [5.74, 6) is -0.751. The van der Waals surface area contributed by atoms with Gasteiger partial charge in [0.15, 0.2) is 6.10 Å². The summed E-state index contributed by atoms with van der Waals surface area (Å²) in [6.45, 7) is 2.56. The Kier molecular flexibility index (Phi) is 10.9. The fraction of sp³-hybridized carbons (Fsp3) is 0.348. The third-order valence-corrected chi connectivity index (χ3v) is 6.13. The first-order chi connectivity index (χ1) is 17.8. The number of nitrogens with zero attached hydrogens (tertiary/aromatic N) is 2. The van der Waals surface area contributed by atoms with E-state index in [9.17, 15) is 32.9 Å². The van der Waals surface area contributed by atoms with Crippen molar-refractivity contribution in [2.24, 2.45) is 5.16 Å². The van der Waals surface area contributed by atoms with Crippen LogP contribution < -0.4 is 4.74 Å². The largest absolute Gasteiger partial charge is 0.468 e. The van der Waals surface area contributed by atoms with Gasteiger partial charge in [0.25, 0.3) is 5.69 Å². The van der Waals surface area contributed by atoms with E-state index in [1.165, 1.54) is 40.2 Å². The molecule has 0 aliphatic rings. The summed E-state index contributed by atoms with van der Waals surface area (Å²) in [5.41, 5.74) is -1.59. The molecule has 0 radical (unpaired) electrons. The molecule has 0 heterocycles. The van der Waals surface area contributed by atoms with E-state index in [2.05, 4.69) is 9.89 Å². The molecule has 2 aromatic rings. The van der Waals surface area contributed by atoms with E-state index in [1.54, 1.807) is 0 Å². The van der Waals surface area contributed by atoms with Crippen LogP contribution >= 0.6 is 23.4 Å². The van der Waals surface area contributed by atoms with Crippen LogP contribution in [0.4, 0.5) is 18.9 Å². The molecule has 2 atom stereocenters. The number of thioether (sulfide) groups is 1. The Morgan fingerprint density at radius 3 is 2.39 bits per heavy atom. The fourth-order valence-electron chi connectivity index (χ4n) is 2.82. The highest BCUT2D eigenvalue weighted by atomic mass is 35.5. The number of ether oxygens (including phenoxy) is 3. The van der Waals surface area contributed by atoms with Crippen molar-refractivity contribution in [1.29, 1.82) is 0 Å². The van der Waals surface area contributed by atoms with E-state index in [1.807, 2.05) is 0 Å². The summed E-state index contributed by atoms with van der Waals surface area (Å²) in [4.78, 5) is 40.1. The maximum Gasteiger partial charge on any atom is 0.416 e. The summed E-state index contributed by atoms with van der Waals surface area (Å²) in [7, 11) is 2.48. The summed E-state index contributed by atoms with van der Waals surface area (Å²) < 4.78 is 53.9. The van der Waals surface area contributed by atoms with Gasteiger partial charge in [-0.3, -0.25) is 19.7 Å². The van der Waals surface area contributed by atoms with Crippen molar-refractivity contribution in [1.82, 2.24) is 0 Å². The van der Waals surface area contributed by atoms with Gasteiger partial charge in [-0.25, -0.2) is 0 Å². The molecular weight excluding hydrogens is 557 g/mol. The third kappa shape index (κ3) is 8.33. The van der Waals surface area contributed by atoms with Crippen LogP contribution in [0.25, 0.3) is 0 Å². The number of methoxy groups -OCH3 is 2. The molecule has 0 aliphatic carbocycles. The SMILES string of the molecule is COCC(=NOC(C)C(=O)SC(C)C(=O)OC)c1cc(Oc2ccc(C(F)(F)F)cc2Cl)ccc1[N+](=O)[O-]. The van der Waals surface area contributed by atoms with Crippen LogP contribution in [0.1, 0.15) is 25.0 Å². The van der Waals surface area contributed by atoms with Crippen molar-refractivity contribution in [3.8, 4) is 11.5 Å². The molecule has 0 spiro atoms. The number of nitro benzene ring substituents is 1. The van der Waals surface area contributed by atoms with Crippen LogP contribution in [-0.4, -0.2) is 53.9 Å². The fourth-order valence-corrected chi connectivity index (χ4v) is 3.81. The van der Waals surface area contributed by atoms with E-state index in [-0.39, 0.29) is 34.4 Å². The highest BCUT2D eigenvalue weighted by molar-refractivity contribution is 8.14. The first-order valence-electron chi connectivity index (χ1n) is 10.6.